The molecule has 0 saturated heterocycles. The standard InChI is InChI=1S/C10H20N2O3/c1-4-6-12(7-5-2)10(15)11-8(3)9(13)14/h8H,4-7H2,1-3H3,(H,11,15)(H,13,14)/p-1/t8-/m0/s1. The van der Waals surface area contributed by atoms with Gasteiger partial charge in [-0.1, -0.05) is 13.8 Å². The van der Waals surface area contributed by atoms with E-state index < -0.39 is 12.0 Å². The van der Waals surface area contributed by atoms with Gasteiger partial charge in [0.05, 0.1) is 12.0 Å². The third-order valence-corrected chi connectivity index (χ3v) is 1.97. The summed E-state index contributed by atoms with van der Waals surface area (Å²) in [7, 11) is 0. The van der Waals surface area contributed by atoms with Gasteiger partial charge in [0.25, 0.3) is 0 Å². The molecule has 1 N–H and O–H groups in total. The number of urea groups is 1. The van der Waals surface area contributed by atoms with Gasteiger partial charge < -0.3 is 20.1 Å². The van der Waals surface area contributed by atoms with Crippen LogP contribution in [0.25, 0.3) is 0 Å². The third kappa shape index (κ3) is 5.24. The van der Waals surface area contributed by atoms with Crippen LogP contribution in [0, 0.1) is 0 Å². The number of nitrogens with one attached hydrogen (secondary N) is 1. The predicted molar refractivity (Wildman–Crippen MR) is 55.2 cm³/mol. The van der Waals surface area contributed by atoms with Crippen molar-refractivity contribution in [3.8, 4) is 0 Å². The number of amides is 2. The van der Waals surface area contributed by atoms with Crippen molar-refractivity contribution in [3.63, 3.8) is 0 Å². The van der Waals surface area contributed by atoms with Crippen LogP contribution in [0.15, 0.2) is 0 Å². The number of aliphatic carboxylic acids is 1. The van der Waals surface area contributed by atoms with E-state index in [0.717, 1.165) is 12.8 Å². The van der Waals surface area contributed by atoms with E-state index in [2.05, 4.69) is 5.32 Å². The first-order valence-electron chi connectivity index (χ1n) is 5.29. The zero-order valence-electron chi connectivity index (χ0n) is 9.58. The van der Waals surface area contributed by atoms with Crippen LogP contribution in [0.3, 0.4) is 0 Å². The van der Waals surface area contributed by atoms with Crippen molar-refractivity contribution in [1.82, 2.24) is 10.2 Å². The van der Waals surface area contributed by atoms with Crippen LogP contribution >= 0.6 is 0 Å². The summed E-state index contributed by atoms with van der Waals surface area (Å²) in [5.74, 6) is -1.27. The topological polar surface area (TPSA) is 72.5 Å². The second kappa shape index (κ2) is 7.09. The van der Waals surface area contributed by atoms with Gasteiger partial charge in [-0.15, -0.1) is 0 Å². The minimum Gasteiger partial charge on any atom is -0.548 e. The van der Waals surface area contributed by atoms with E-state index >= 15 is 0 Å². The second-order valence-corrected chi connectivity index (χ2v) is 3.48. The summed E-state index contributed by atoms with van der Waals surface area (Å²) in [6.45, 7) is 6.61. The lowest BCUT2D eigenvalue weighted by Gasteiger charge is -2.24. The zero-order chi connectivity index (χ0) is 11.8. The second-order valence-electron chi connectivity index (χ2n) is 3.48. The first kappa shape index (κ1) is 13.7. The summed E-state index contributed by atoms with van der Waals surface area (Å²) < 4.78 is 0. The molecule has 2 amide bonds. The summed E-state index contributed by atoms with van der Waals surface area (Å²) in [5, 5.41) is 12.8. The zero-order valence-corrected chi connectivity index (χ0v) is 9.58. The third-order valence-electron chi connectivity index (χ3n) is 1.97. The van der Waals surface area contributed by atoms with Crippen molar-refractivity contribution in [2.24, 2.45) is 0 Å². The maximum absolute atomic E-state index is 11.6. The molecule has 0 saturated carbocycles. The number of carbonyl (C=O) groups excluding carboxylic acids is 2. The number of hydrogen-bond donors (Lipinski definition) is 1. The molecule has 88 valence electrons. The molecule has 0 aromatic carbocycles. The fraction of sp³-hybridized carbons (Fsp3) is 0.800. The minimum atomic E-state index is -1.27. The van der Waals surface area contributed by atoms with E-state index in [0.29, 0.717) is 13.1 Å². The van der Waals surface area contributed by atoms with Crippen LogP contribution in [0.5, 0.6) is 0 Å². The van der Waals surface area contributed by atoms with Crippen molar-refractivity contribution < 1.29 is 14.7 Å². The summed E-state index contributed by atoms with van der Waals surface area (Å²) in [5.41, 5.74) is 0. The van der Waals surface area contributed by atoms with Crippen molar-refractivity contribution in [2.75, 3.05) is 13.1 Å². The Kier molecular flexibility index (Phi) is 6.49. The lowest BCUT2D eigenvalue weighted by Crippen LogP contribution is -2.51. The van der Waals surface area contributed by atoms with E-state index in [4.69, 9.17) is 0 Å². The Bertz CT molecular complexity index is 213. The van der Waals surface area contributed by atoms with Gasteiger partial charge in [0.1, 0.15) is 0 Å². The normalized spacial score (nSPS) is 11.9. The van der Waals surface area contributed by atoms with Gasteiger partial charge >= 0.3 is 6.03 Å². The SMILES string of the molecule is CCCN(CCC)C(=O)N[C@@H](C)C(=O)[O-]. The molecule has 5 nitrogen and oxygen atoms in total. The smallest absolute Gasteiger partial charge is 0.317 e. The molecule has 0 aromatic heterocycles. The maximum atomic E-state index is 11.6. The molecule has 0 rings (SSSR count). The van der Waals surface area contributed by atoms with Crippen LogP contribution < -0.4 is 10.4 Å². The largest absolute Gasteiger partial charge is 0.548 e. The molecule has 0 aromatic rings. The lowest BCUT2D eigenvalue weighted by atomic mass is 10.3. The summed E-state index contributed by atoms with van der Waals surface area (Å²) in [6.07, 6.45) is 1.71. The molecule has 0 fully saturated rings. The van der Waals surface area contributed by atoms with Gasteiger partial charge in [-0.25, -0.2) is 4.79 Å². The Morgan fingerprint density at radius 1 is 1.27 bits per heavy atom. The molecule has 0 aliphatic carbocycles. The number of carboxylic acid groups (broad SMARTS) is 1. The average Bonchev–Trinajstić information content (AvgIpc) is 2.17. The monoisotopic (exact) mass is 215 g/mol. The van der Waals surface area contributed by atoms with Crippen molar-refractivity contribution in [3.05, 3.63) is 0 Å². The van der Waals surface area contributed by atoms with E-state index in [1.807, 2.05) is 13.8 Å². The molecule has 0 heterocycles. The summed E-state index contributed by atoms with van der Waals surface area (Å²) in [6, 6.07) is -1.29. The molecule has 0 spiro atoms. The summed E-state index contributed by atoms with van der Waals surface area (Å²) in [4.78, 5) is 23.6. The Hall–Kier alpha value is -1.26. The van der Waals surface area contributed by atoms with Crippen LogP contribution in [0.4, 0.5) is 4.79 Å². The Balaban J connectivity index is 4.18. The van der Waals surface area contributed by atoms with Gasteiger partial charge in [-0.3, -0.25) is 0 Å². The van der Waals surface area contributed by atoms with Gasteiger partial charge in [0.2, 0.25) is 0 Å². The minimum absolute atomic E-state index is 0.338. The number of nitrogens with zero attached hydrogens (tertiary/aromatic N) is 1. The molecular weight excluding hydrogens is 196 g/mol. The predicted octanol–water partition coefficient (Wildman–Crippen LogP) is -0.0436. The van der Waals surface area contributed by atoms with Gasteiger partial charge in [0, 0.05) is 13.1 Å². The highest BCUT2D eigenvalue weighted by molar-refractivity contribution is 5.81. The first-order valence-corrected chi connectivity index (χ1v) is 5.29. The van der Waals surface area contributed by atoms with E-state index in [1.54, 1.807) is 4.90 Å². The molecule has 0 bridgehead atoms. The number of carbonyl (C=O) groups is 2. The molecular formula is C10H19N2O3-. The van der Waals surface area contributed by atoms with Crippen LogP contribution in [-0.4, -0.2) is 36.0 Å². The van der Waals surface area contributed by atoms with Crippen molar-refractivity contribution >= 4 is 12.0 Å². The molecule has 1 atom stereocenters. The van der Waals surface area contributed by atoms with Gasteiger partial charge in [-0.05, 0) is 19.8 Å². The fourth-order valence-electron chi connectivity index (χ4n) is 1.19. The van der Waals surface area contributed by atoms with Gasteiger partial charge in [0.15, 0.2) is 0 Å². The fourth-order valence-corrected chi connectivity index (χ4v) is 1.19. The Morgan fingerprint density at radius 3 is 2.07 bits per heavy atom. The maximum Gasteiger partial charge on any atom is 0.317 e. The Morgan fingerprint density at radius 2 is 1.73 bits per heavy atom. The molecule has 0 unspecified atom stereocenters. The summed E-state index contributed by atoms with van der Waals surface area (Å²) >= 11 is 0. The van der Waals surface area contributed by atoms with E-state index in [9.17, 15) is 14.7 Å². The van der Waals surface area contributed by atoms with Crippen LogP contribution in [0.2, 0.25) is 0 Å². The van der Waals surface area contributed by atoms with Crippen LogP contribution in [0.1, 0.15) is 33.6 Å². The molecule has 0 radical (unpaired) electrons. The lowest BCUT2D eigenvalue weighted by molar-refractivity contribution is -0.307. The quantitative estimate of drug-likeness (QED) is 0.675. The number of carboxylic acids is 1. The molecule has 0 aliphatic rings. The van der Waals surface area contributed by atoms with E-state index in [1.165, 1.54) is 6.92 Å². The Labute approximate surface area is 90.5 Å². The molecule has 15 heavy (non-hydrogen) atoms. The molecule has 0 aliphatic heterocycles. The molecule has 5 heteroatoms. The van der Waals surface area contributed by atoms with Crippen molar-refractivity contribution in [1.29, 1.82) is 0 Å². The van der Waals surface area contributed by atoms with Crippen LogP contribution in [-0.2, 0) is 4.79 Å². The van der Waals surface area contributed by atoms with E-state index in [-0.39, 0.29) is 6.03 Å². The highest BCUT2D eigenvalue weighted by Gasteiger charge is 2.14. The van der Waals surface area contributed by atoms with Crippen molar-refractivity contribution in [2.45, 2.75) is 39.7 Å². The number of rotatable bonds is 6. The van der Waals surface area contributed by atoms with Gasteiger partial charge in [-0.2, -0.15) is 0 Å². The number of hydrogen-bond acceptors (Lipinski definition) is 3. The average molecular weight is 215 g/mol. The first-order chi connectivity index (χ1) is 7.02. The highest BCUT2D eigenvalue weighted by Crippen LogP contribution is 1.95. The highest BCUT2D eigenvalue weighted by atomic mass is 16.4.